The molecule has 0 radical (unpaired) electrons. The lowest BCUT2D eigenvalue weighted by Gasteiger charge is -2.24. The van der Waals surface area contributed by atoms with Crippen molar-refractivity contribution in [3.63, 3.8) is 0 Å². The number of thiazole rings is 1. The summed E-state index contributed by atoms with van der Waals surface area (Å²) < 4.78 is 5.36. The highest BCUT2D eigenvalue weighted by Gasteiger charge is 2.19. The normalized spacial score (nSPS) is 12.6. The van der Waals surface area contributed by atoms with E-state index in [2.05, 4.69) is 32.9 Å². The third kappa shape index (κ3) is 12.1. The van der Waals surface area contributed by atoms with E-state index in [9.17, 15) is 4.79 Å². The summed E-state index contributed by atoms with van der Waals surface area (Å²) in [4.78, 5) is 23.2. The summed E-state index contributed by atoms with van der Waals surface area (Å²) in [5.41, 5.74) is 0.423. The predicted octanol–water partition coefficient (Wildman–Crippen LogP) is 3.58. The molecule has 0 aromatic carbocycles. The number of guanidine groups is 1. The van der Waals surface area contributed by atoms with Crippen LogP contribution in [0, 0.1) is 0 Å². The molecule has 1 aromatic rings. The minimum Gasteiger partial charge on any atom is -0.444 e. The summed E-state index contributed by atoms with van der Waals surface area (Å²) in [5, 5.41) is 12.5. The molecule has 168 valence electrons. The van der Waals surface area contributed by atoms with Gasteiger partial charge in [-0.15, -0.1) is 35.3 Å². The van der Waals surface area contributed by atoms with E-state index in [4.69, 9.17) is 4.74 Å². The summed E-state index contributed by atoms with van der Waals surface area (Å²) in [5.74, 6) is 0.703. The fourth-order valence-electron chi connectivity index (χ4n) is 2.34. The molecule has 1 heterocycles. The van der Waals surface area contributed by atoms with Gasteiger partial charge in [0.25, 0.3) is 0 Å². The Hall–Kier alpha value is -1.30. The standard InChI is InChI=1S/C19H36N6O2S.HI/c1-8-10-14(24-18(26)27-19(3,4)5)11-21-16(20-9-2)22-12-15-13-28-17(23-15)25(6)7;/h13-14H,8-12H2,1-7H3,(H,24,26)(H2,20,21,22);1H. The van der Waals surface area contributed by atoms with Crippen molar-refractivity contribution in [2.45, 2.75) is 65.6 Å². The molecule has 0 spiro atoms. The average Bonchev–Trinajstić information content (AvgIpc) is 3.05. The van der Waals surface area contributed by atoms with Crippen molar-refractivity contribution in [1.82, 2.24) is 20.9 Å². The highest BCUT2D eigenvalue weighted by atomic mass is 127. The molecule has 0 aliphatic carbocycles. The Balaban J connectivity index is 0.00000784. The van der Waals surface area contributed by atoms with Gasteiger partial charge in [0.05, 0.1) is 12.2 Å². The number of amides is 1. The second-order valence-electron chi connectivity index (χ2n) is 7.72. The highest BCUT2D eigenvalue weighted by molar-refractivity contribution is 14.0. The van der Waals surface area contributed by atoms with Crippen molar-refractivity contribution in [1.29, 1.82) is 0 Å². The number of anilines is 1. The number of halogens is 1. The lowest BCUT2D eigenvalue weighted by atomic mass is 10.1. The summed E-state index contributed by atoms with van der Waals surface area (Å²) >= 11 is 1.60. The molecule has 1 rings (SSSR count). The van der Waals surface area contributed by atoms with E-state index in [-0.39, 0.29) is 30.0 Å². The van der Waals surface area contributed by atoms with Gasteiger partial charge in [-0.1, -0.05) is 13.3 Å². The van der Waals surface area contributed by atoms with Crippen molar-refractivity contribution in [2.75, 3.05) is 32.1 Å². The number of carbonyl (C=O) groups is 1. The number of hydrogen-bond donors (Lipinski definition) is 3. The van der Waals surface area contributed by atoms with Gasteiger partial charge in [0, 0.05) is 38.6 Å². The molecule has 0 bridgehead atoms. The summed E-state index contributed by atoms with van der Waals surface area (Å²) in [6.45, 7) is 11.5. The summed E-state index contributed by atoms with van der Waals surface area (Å²) in [6.07, 6.45) is 1.42. The lowest BCUT2D eigenvalue weighted by molar-refractivity contribution is 0.0502. The highest BCUT2D eigenvalue weighted by Crippen LogP contribution is 2.18. The SMILES string of the molecule is CCCC(CNC(=NCc1csc(N(C)C)n1)NCC)NC(=O)OC(C)(C)C.I. The summed E-state index contributed by atoms with van der Waals surface area (Å²) in [7, 11) is 3.95. The van der Waals surface area contributed by atoms with Crippen LogP contribution in [0.1, 0.15) is 53.2 Å². The van der Waals surface area contributed by atoms with Gasteiger partial charge in [-0.25, -0.2) is 14.8 Å². The van der Waals surface area contributed by atoms with Gasteiger partial charge in [0.2, 0.25) is 0 Å². The molecule has 0 saturated carbocycles. The van der Waals surface area contributed by atoms with E-state index in [1.165, 1.54) is 0 Å². The van der Waals surface area contributed by atoms with E-state index >= 15 is 0 Å². The van der Waals surface area contributed by atoms with Gasteiger partial charge < -0.3 is 25.6 Å². The van der Waals surface area contributed by atoms with Crippen LogP contribution < -0.4 is 20.9 Å². The molecule has 1 unspecified atom stereocenters. The number of nitrogens with one attached hydrogen (secondary N) is 3. The Labute approximate surface area is 196 Å². The van der Waals surface area contributed by atoms with Crippen LogP contribution in [-0.4, -0.2) is 55.9 Å². The van der Waals surface area contributed by atoms with Crippen LogP contribution in [0.25, 0.3) is 0 Å². The quantitative estimate of drug-likeness (QED) is 0.252. The van der Waals surface area contributed by atoms with Crippen molar-refractivity contribution in [2.24, 2.45) is 4.99 Å². The van der Waals surface area contributed by atoms with Crippen LogP contribution in [0.15, 0.2) is 10.4 Å². The molecule has 1 aromatic heterocycles. The van der Waals surface area contributed by atoms with Crippen LogP contribution >= 0.6 is 35.3 Å². The van der Waals surface area contributed by atoms with Crippen molar-refractivity contribution >= 4 is 52.5 Å². The third-order valence-corrected chi connectivity index (χ3v) is 4.60. The first-order chi connectivity index (χ1) is 13.1. The smallest absolute Gasteiger partial charge is 0.407 e. The largest absolute Gasteiger partial charge is 0.444 e. The molecule has 3 N–H and O–H groups in total. The number of aromatic nitrogens is 1. The van der Waals surface area contributed by atoms with Crippen LogP contribution in [-0.2, 0) is 11.3 Å². The first-order valence-electron chi connectivity index (χ1n) is 9.78. The van der Waals surface area contributed by atoms with Gasteiger partial charge in [-0.05, 0) is 34.1 Å². The van der Waals surface area contributed by atoms with E-state index in [0.717, 1.165) is 30.2 Å². The van der Waals surface area contributed by atoms with E-state index in [1.807, 2.05) is 52.1 Å². The van der Waals surface area contributed by atoms with E-state index < -0.39 is 11.7 Å². The minimum absolute atomic E-state index is 0. The number of aliphatic imine (C=N–C) groups is 1. The Morgan fingerprint density at radius 1 is 1.31 bits per heavy atom. The molecule has 1 atom stereocenters. The average molecular weight is 541 g/mol. The molecule has 10 heteroatoms. The first kappa shape index (κ1) is 27.7. The number of alkyl carbamates (subject to hydrolysis) is 1. The number of hydrogen-bond acceptors (Lipinski definition) is 6. The molecule has 0 saturated heterocycles. The molecule has 0 fully saturated rings. The summed E-state index contributed by atoms with van der Waals surface area (Å²) in [6, 6.07) is -0.0386. The molecule has 8 nitrogen and oxygen atoms in total. The fourth-order valence-corrected chi connectivity index (χ4v) is 3.09. The van der Waals surface area contributed by atoms with Gasteiger partial charge in [-0.2, -0.15) is 0 Å². The zero-order valence-electron chi connectivity index (χ0n) is 18.7. The zero-order valence-corrected chi connectivity index (χ0v) is 21.8. The molecule has 0 aliphatic heterocycles. The number of carbonyl (C=O) groups excluding carboxylic acids is 1. The predicted molar refractivity (Wildman–Crippen MR) is 133 cm³/mol. The maximum Gasteiger partial charge on any atom is 0.407 e. The van der Waals surface area contributed by atoms with E-state index in [0.29, 0.717) is 19.0 Å². The Morgan fingerprint density at radius 2 is 2.00 bits per heavy atom. The van der Waals surface area contributed by atoms with Gasteiger partial charge >= 0.3 is 6.09 Å². The van der Waals surface area contributed by atoms with Gasteiger partial charge in [0.1, 0.15) is 5.60 Å². The first-order valence-corrected chi connectivity index (χ1v) is 10.7. The second-order valence-corrected chi connectivity index (χ2v) is 8.56. The number of nitrogens with zero attached hydrogens (tertiary/aromatic N) is 3. The van der Waals surface area contributed by atoms with Crippen molar-refractivity contribution < 1.29 is 9.53 Å². The van der Waals surface area contributed by atoms with Crippen molar-refractivity contribution in [3.8, 4) is 0 Å². The maximum absolute atomic E-state index is 12.1. The molecule has 1 amide bonds. The van der Waals surface area contributed by atoms with E-state index in [1.54, 1.807) is 11.3 Å². The molecule has 0 aliphatic rings. The van der Waals surface area contributed by atoms with Crippen LogP contribution in [0.2, 0.25) is 0 Å². The van der Waals surface area contributed by atoms with Crippen LogP contribution in [0.5, 0.6) is 0 Å². The van der Waals surface area contributed by atoms with Crippen LogP contribution in [0.3, 0.4) is 0 Å². The topological polar surface area (TPSA) is 90.9 Å². The van der Waals surface area contributed by atoms with Crippen molar-refractivity contribution in [3.05, 3.63) is 11.1 Å². The number of rotatable bonds is 9. The Morgan fingerprint density at radius 3 is 2.52 bits per heavy atom. The van der Waals surface area contributed by atoms with Gasteiger partial charge in [-0.3, -0.25) is 0 Å². The molecule has 29 heavy (non-hydrogen) atoms. The Bertz CT molecular complexity index is 630. The van der Waals surface area contributed by atoms with Crippen LogP contribution in [0.4, 0.5) is 9.93 Å². The second kappa shape index (κ2) is 13.8. The molecular weight excluding hydrogens is 503 g/mol. The lowest BCUT2D eigenvalue weighted by Crippen LogP contribution is -2.48. The number of ether oxygens (including phenoxy) is 1. The fraction of sp³-hybridized carbons (Fsp3) is 0.737. The minimum atomic E-state index is -0.510. The maximum atomic E-state index is 12.1. The third-order valence-electron chi connectivity index (χ3n) is 3.54. The monoisotopic (exact) mass is 540 g/mol. The zero-order chi connectivity index (χ0) is 21.2. The van der Waals surface area contributed by atoms with Gasteiger partial charge in [0.15, 0.2) is 11.1 Å². The Kier molecular flexibility index (Phi) is 13.2. The molecular formula is C19H37IN6O2S.